The molecule has 0 aliphatic heterocycles. The molecule has 0 bridgehead atoms. The standard InChI is InChI=1S/C8H8ClNO/c9-8(11)7(10)6-4-2-1-3-5-6/h1-5,7H,10H2. The van der Waals surface area contributed by atoms with Crippen molar-refractivity contribution in [1.29, 1.82) is 0 Å². The Morgan fingerprint density at radius 1 is 1.36 bits per heavy atom. The smallest absolute Gasteiger partial charge is 0.242 e. The molecule has 0 spiro atoms. The van der Waals surface area contributed by atoms with Crippen LogP contribution in [0.5, 0.6) is 0 Å². The van der Waals surface area contributed by atoms with Gasteiger partial charge in [-0.05, 0) is 17.2 Å². The largest absolute Gasteiger partial charge is 0.317 e. The Hall–Kier alpha value is -0.860. The average Bonchev–Trinajstić information content (AvgIpc) is 2.05. The van der Waals surface area contributed by atoms with Crippen molar-refractivity contribution in [1.82, 2.24) is 0 Å². The number of hydrogen-bond donors (Lipinski definition) is 1. The van der Waals surface area contributed by atoms with Gasteiger partial charge in [0.1, 0.15) is 6.04 Å². The monoisotopic (exact) mass is 169 g/mol. The van der Waals surface area contributed by atoms with Crippen molar-refractivity contribution >= 4 is 16.8 Å². The molecule has 0 heterocycles. The van der Waals surface area contributed by atoms with Crippen LogP contribution in [0.25, 0.3) is 0 Å². The average molecular weight is 170 g/mol. The highest BCUT2D eigenvalue weighted by atomic mass is 35.5. The van der Waals surface area contributed by atoms with Crippen molar-refractivity contribution in [3.8, 4) is 0 Å². The van der Waals surface area contributed by atoms with E-state index in [4.69, 9.17) is 17.3 Å². The van der Waals surface area contributed by atoms with E-state index in [0.717, 1.165) is 5.56 Å². The molecule has 58 valence electrons. The van der Waals surface area contributed by atoms with Gasteiger partial charge in [0.05, 0.1) is 0 Å². The van der Waals surface area contributed by atoms with Gasteiger partial charge in [0.2, 0.25) is 5.24 Å². The number of carbonyl (C=O) groups excluding carboxylic acids is 1. The molecule has 1 aromatic rings. The second kappa shape index (κ2) is 3.51. The molecule has 0 aromatic heterocycles. The van der Waals surface area contributed by atoms with Crippen LogP contribution in [-0.2, 0) is 4.79 Å². The van der Waals surface area contributed by atoms with Crippen LogP contribution < -0.4 is 5.73 Å². The Morgan fingerprint density at radius 3 is 2.36 bits per heavy atom. The van der Waals surface area contributed by atoms with E-state index in [2.05, 4.69) is 0 Å². The molecule has 0 radical (unpaired) electrons. The van der Waals surface area contributed by atoms with Crippen LogP contribution in [0.4, 0.5) is 0 Å². The molecule has 2 N–H and O–H groups in total. The summed E-state index contributed by atoms with van der Waals surface area (Å²) in [6, 6.07) is 8.33. The van der Waals surface area contributed by atoms with Crippen LogP contribution in [0.1, 0.15) is 11.6 Å². The number of halogens is 1. The Labute approximate surface area is 70.0 Å². The highest BCUT2D eigenvalue weighted by molar-refractivity contribution is 6.64. The molecule has 3 heteroatoms. The van der Waals surface area contributed by atoms with E-state index >= 15 is 0 Å². The number of hydrogen-bond acceptors (Lipinski definition) is 2. The summed E-state index contributed by atoms with van der Waals surface area (Å²) in [6.07, 6.45) is 0. The number of nitrogens with two attached hydrogens (primary N) is 1. The van der Waals surface area contributed by atoms with E-state index in [0.29, 0.717) is 0 Å². The van der Waals surface area contributed by atoms with Gasteiger partial charge < -0.3 is 5.73 Å². The highest BCUT2D eigenvalue weighted by Crippen LogP contribution is 2.11. The van der Waals surface area contributed by atoms with Crippen molar-refractivity contribution in [3.05, 3.63) is 35.9 Å². The molecule has 11 heavy (non-hydrogen) atoms. The Morgan fingerprint density at radius 2 is 1.91 bits per heavy atom. The lowest BCUT2D eigenvalue weighted by Crippen LogP contribution is -2.16. The highest BCUT2D eigenvalue weighted by Gasteiger charge is 2.11. The summed E-state index contributed by atoms with van der Waals surface area (Å²) in [5, 5.41) is -0.531. The maximum atomic E-state index is 10.6. The lowest BCUT2D eigenvalue weighted by atomic mass is 10.1. The van der Waals surface area contributed by atoms with Crippen molar-refractivity contribution in [2.75, 3.05) is 0 Å². The van der Waals surface area contributed by atoms with Crippen molar-refractivity contribution in [2.45, 2.75) is 6.04 Å². The molecule has 1 unspecified atom stereocenters. The van der Waals surface area contributed by atoms with E-state index in [1.165, 1.54) is 0 Å². The van der Waals surface area contributed by atoms with Gasteiger partial charge in [0.25, 0.3) is 0 Å². The van der Waals surface area contributed by atoms with E-state index in [1.54, 1.807) is 12.1 Å². The first kappa shape index (κ1) is 8.24. The van der Waals surface area contributed by atoms with Gasteiger partial charge in [0, 0.05) is 0 Å². The molecule has 1 rings (SSSR count). The zero-order chi connectivity index (χ0) is 8.27. The van der Waals surface area contributed by atoms with Crippen LogP contribution in [-0.4, -0.2) is 5.24 Å². The molecule has 0 saturated carbocycles. The van der Waals surface area contributed by atoms with Crippen LogP contribution >= 0.6 is 11.6 Å². The fourth-order valence-electron chi connectivity index (χ4n) is 0.791. The van der Waals surface area contributed by atoms with Crippen molar-refractivity contribution in [3.63, 3.8) is 0 Å². The van der Waals surface area contributed by atoms with E-state index in [9.17, 15) is 4.79 Å². The third kappa shape index (κ3) is 2.03. The minimum absolute atomic E-state index is 0.531. The maximum absolute atomic E-state index is 10.6. The molecular weight excluding hydrogens is 162 g/mol. The molecule has 0 aliphatic rings. The van der Waals surface area contributed by atoms with Gasteiger partial charge >= 0.3 is 0 Å². The van der Waals surface area contributed by atoms with E-state index < -0.39 is 11.3 Å². The third-order valence-electron chi connectivity index (χ3n) is 1.40. The third-order valence-corrected chi connectivity index (χ3v) is 1.64. The lowest BCUT2D eigenvalue weighted by molar-refractivity contribution is -0.112. The van der Waals surface area contributed by atoms with Crippen molar-refractivity contribution in [2.24, 2.45) is 5.73 Å². The van der Waals surface area contributed by atoms with Gasteiger partial charge in [-0.2, -0.15) is 0 Å². The van der Waals surface area contributed by atoms with Gasteiger partial charge in [-0.15, -0.1) is 0 Å². The predicted octanol–water partition coefficient (Wildman–Crippen LogP) is 1.45. The number of benzene rings is 1. The SMILES string of the molecule is NC(C(=O)Cl)c1ccccc1. The number of rotatable bonds is 2. The van der Waals surface area contributed by atoms with E-state index in [1.807, 2.05) is 18.2 Å². The minimum Gasteiger partial charge on any atom is -0.317 e. The molecule has 1 aromatic carbocycles. The van der Waals surface area contributed by atoms with Gasteiger partial charge in [-0.1, -0.05) is 30.3 Å². The predicted molar refractivity (Wildman–Crippen MR) is 44.2 cm³/mol. The minimum atomic E-state index is -0.696. The Balaban J connectivity index is 2.85. The maximum Gasteiger partial charge on any atom is 0.242 e. The van der Waals surface area contributed by atoms with Gasteiger partial charge in [0.15, 0.2) is 0 Å². The zero-order valence-electron chi connectivity index (χ0n) is 5.83. The van der Waals surface area contributed by atoms with Gasteiger partial charge in [-0.25, -0.2) is 0 Å². The van der Waals surface area contributed by atoms with E-state index in [-0.39, 0.29) is 0 Å². The number of carbonyl (C=O) groups is 1. The molecule has 0 aliphatic carbocycles. The Bertz CT molecular complexity index is 248. The summed E-state index contributed by atoms with van der Waals surface area (Å²) in [6.45, 7) is 0. The lowest BCUT2D eigenvalue weighted by Gasteiger charge is -2.04. The normalized spacial score (nSPS) is 12.5. The molecule has 2 nitrogen and oxygen atoms in total. The fraction of sp³-hybridized carbons (Fsp3) is 0.125. The molecule has 0 amide bonds. The second-order valence-electron chi connectivity index (χ2n) is 2.19. The summed E-state index contributed by atoms with van der Waals surface area (Å²) in [5.41, 5.74) is 6.20. The Kier molecular flexibility index (Phi) is 2.63. The first-order valence-corrected chi connectivity index (χ1v) is 3.59. The van der Waals surface area contributed by atoms with Crippen LogP contribution in [0.3, 0.4) is 0 Å². The first-order valence-electron chi connectivity index (χ1n) is 3.21. The molecule has 0 fully saturated rings. The zero-order valence-corrected chi connectivity index (χ0v) is 6.58. The topological polar surface area (TPSA) is 43.1 Å². The summed E-state index contributed by atoms with van der Waals surface area (Å²) >= 11 is 5.20. The van der Waals surface area contributed by atoms with Gasteiger partial charge in [-0.3, -0.25) is 4.79 Å². The summed E-state index contributed by atoms with van der Waals surface area (Å²) < 4.78 is 0. The quantitative estimate of drug-likeness (QED) is 0.681. The summed E-state index contributed by atoms with van der Waals surface area (Å²) in [4.78, 5) is 10.6. The van der Waals surface area contributed by atoms with Crippen LogP contribution in [0.15, 0.2) is 30.3 Å². The molecule has 1 atom stereocenters. The van der Waals surface area contributed by atoms with Crippen LogP contribution in [0.2, 0.25) is 0 Å². The van der Waals surface area contributed by atoms with Crippen molar-refractivity contribution < 1.29 is 4.79 Å². The summed E-state index contributed by atoms with van der Waals surface area (Å²) in [7, 11) is 0. The fourth-order valence-corrected chi connectivity index (χ4v) is 0.917. The second-order valence-corrected chi connectivity index (χ2v) is 2.56. The summed E-state index contributed by atoms with van der Waals surface area (Å²) in [5.74, 6) is 0. The first-order chi connectivity index (χ1) is 5.22. The molecular formula is C8H8ClNO. The van der Waals surface area contributed by atoms with Crippen LogP contribution in [0, 0.1) is 0 Å². The molecule has 0 saturated heterocycles.